The minimum atomic E-state index is -0.357. The third kappa shape index (κ3) is 4.05. The van der Waals surface area contributed by atoms with Crippen LogP contribution in [0, 0.1) is 0 Å². The van der Waals surface area contributed by atoms with Crippen LogP contribution in [0.5, 0.6) is 0 Å². The van der Waals surface area contributed by atoms with Crippen molar-refractivity contribution in [2.45, 2.75) is 6.54 Å². The summed E-state index contributed by atoms with van der Waals surface area (Å²) in [4.78, 5) is 21.8. The Morgan fingerprint density at radius 2 is 1.55 bits per heavy atom. The summed E-state index contributed by atoms with van der Waals surface area (Å²) in [7, 11) is 5.52. The maximum Gasteiger partial charge on any atom is 0.337 e. The molecule has 0 saturated heterocycles. The second-order valence-electron chi connectivity index (χ2n) is 7.32. The van der Waals surface area contributed by atoms with Gasteiger partial charge in [-0.15, -0.1) is 0 Å². The molecule has 0 amide bonds. The van der Waals surface area contributed by atoms with Gasteiger partial charge in [-0.25, -0.2) is 9.78 Å². The normalized spacial score (nSPS) is 11.2. The van der Waals surface area contributed by atoms with Crippen molar-refractivity contribution in [1.82, 2.24) is 14.9 Å². The average Bonchev–Trinajstić information content (AvgIpc) is 3.17. The molecule has 4 rings (SSSR count). The van der Waals surface area contributed by atoms with E-state index in [9.17, 15) is 4.79 Å². The number of fused-ring (bicyclic) bond motifs is 1. The highest BCUT2D eigenvalue weighted by Crippen LogP contribution is 2.26. The molecule has 0 aliphatic rings. The Morgan fingerprint density at radius 3 is 2.17 bits per heavy atom. The molecule has 1 aromatic heterocycles. The van der Waals surface area contributed by atoms with Crippen molar-refractivity contribution in [2.24, 2.45) is 0 Å². The molecule has 0 saturated carbocycles. The van der Waals surface area contributed by atoms with Crippen LogP contribution in [0.25, 0.3) is 33.5 Å². The molecule has 0 atom stereocenters. The van der Waals surface area contributed by atoms with Gasteiger partial charge in [0.2, 0.25) is 0 Å². The SMILES string of the molecule is COC(=O)c1ccc2nc(-c3ccc(-c4ccc(CN(C)C)cc4)cc3)[nH]c2c1. The molecule has 0 unspecified atom stereocenters. The lowest BCUT2D eigenvalue weighted by atomic mass is 10.0. The van der Waals surface area contributed by atoms with Gasteiger partial charge in [-0.1, -0.05) is 48.5 Å². The van der Waals surface area contributed by atoms with Crippen LogP contribution in [0.2, 0.25) is 0 Å². The first-order valence-corrected chi connectivity index (χ1v) is 9.46. The quantitative estimate of drug-likeness (QED) is 0.504. The van der Waals surface area contributed by atoms with E-state index in [4.69, 9.17) is 4.74 Å². The number of methoxy groups -OCH3 is 1. The van der Waals surface area contributed by atoms with Crippen molar-refractivity contribution in [3.05, 3.63) is 77.9 Å². The molecule has 0 spiro atoms. The average molecular weight is 385 g/mol. The number of H-pyrrole nitrogens is 1. The summed E-state index contributed by atoms with van der Waals surface area (Å²) >= 11 is 0. The summed E-state index contributed by atoms with van der Waals surface area (Å²) < 4.78 is 4.78. The fraction of sp³-hybridized carbons (Fsp3) is 0.167. The van der Waals surface area contributed by atoms with Crippen molar-refractivity contribution < 1.29 is 9.53 Å². The maximum absolute atomic E-state index is 11.7. The summed E-state index contributed by atoms with van der Waals surface area (Å²) in [5.74, 6) is 0.416. The molecular formula is C24H23N3O2. The van der Waals surface area contributed by atoms with Crippen LogP contribution in [-0.4, -0.2) is 42.0 Å². The van der Waals surface area contributed by atoms with Crippen LogP contribution in [0.1, 0.15) is 15.9 Å². The number of aromatic nitrogens is 2. The van der Waals surface area contributed by atoms with E-state index < -0.39 is 0 Å². The van der Waals surface area contributed by atoms with Gasteiger partial charge in [0.05, 0.1) is 23.7 Å². The molecule has 1 N–H and O–H groups in total. The van der Waals surface area contributed by atoms with E-state index in [1.54, 1.807) is 12.1 Å². The summed E-state index contributed by atoms with van der Waals surface area (Å²) in [5, 5.41) is 0. The Morgan fingerprint density at radius 1 is 0.931 bits per heavy atom. The van der Waals surface area contributed by atoms with Crippen LogP contribution in [-0.2, 0) is 11.3 Å². The number of hydrogen-bond donors (Lipinski definition) is 1. The van der Waals surface area contributed by atoms with E-state index in [1.165, 1.54) is 18.2 Å². The number of ether oxygens (including phenoxy) is 1. The zero-order valence-corrected chi connectivity index (χ0v) is 16.8. The molecule has 0 radical (unpaired) electrons. The molecule has 3 aromatic carbocycles. The molecule has 0 fully saturated rings. The Kier molecular flexibility index (Phi) is 5.14. The number of carbonyl (C=O) groups is 1. The van der Waals surface area contributed by atoms with Gasteiger partial charge in [0.25, 0.3) is 0 Å². The highest BCUT2D eigenvalue weighted by molar-refractivity contribution is 5.94. The molecule has 1 heterocycles. The van der Waals surface area contributed by atoms with E-state index in [1.807, 2.05) is 6.07 Å². The van der Waals surface area contributed by atoms with Gasteiger partial charge >= 0.3 is 5.97 Å². The summed E-state index contributed by atoms with van der Waals surface area (Å²) in [6.45, 7) is 0.933. The predicted molar refractivity (Wildman–Crippen MR) is 116 cm³/mol. The Hall–Kier alpha value is -3.44. The topological polar surface area (TPSA) is 58.2 Å². The van der Waals surface area contributed by atoms with Crippen molar-refractivity contribution in [3.8, 4) is 22.5 Å². The van der Waals surface area contributed by atoms with Crippen molar-refractivity contribution in [1.29, 1.82) is 0 Å². The Labute approximate surface area is 170 Å². The van der Waals surface area contributed by atoms with E-state index in [2.05, 4.69) is 77.5 Å². The number of carbonyl (C=O) groups excluding carboxylic acids is 1. The van der Waals surface area contributed by atoms with Gasteiger partial charge in [-0.3, -0.25) is 0 Å². The largest absolute Gasteiger partial charge is 0.465 e. The number of esters is 1. The van der Waals surface area contributed by atoms with E-state index >= 15 is 0 Å². The molecule has 5 heteroatoms. The third-order valence-corrected chi connectivity index (χ3v) is 4.85. The van der Waals surface area contributed by atoms with Gasteiger partial charge in [-0.05, 0) is 49.0 Å². The van der Waals surface area contributed by atoms with Gasteiger partial charge < -0.3 is 14.6 Å². The minimum absolute atomic E-state index is 0.357. The van der Waals surface area contributed by atoms with Crippen LogP contribution in [0.3, 0.4) is 0 Å². The zero-order valence-electron chi connectivity index (χ0n) is 16.8. The van der Waals surface area contributed by atoms with Crippen LogP contribution < -0.4 is 0 Å². The standard InChI is InChI=1S/C24H23N3O2/c1-27(2)15-16-4-6-17(7-5-16)18-8-10-19(11-9-18)23-25-21-13-12-20(24(28)29-3)14-22(21)26-23/h4-14H,15H2,1-3H3,(H,25,26). The number of aromatic amines is 1. The first-order valence-electron chi connectivity index (χ1n) is 9.46. The zero-order chi connectivity index (χ0) is 20.4. The van der Waals surface area contributed by atoms with E-state index in [0.29, 0.717) is 5.56 Å². The number of imidazole rings is 1. The number of hydrogen-bond acceptors (Lipinski definition) is 4. The molecule has 0 aliphatic carbocycles. The summed E-state index contributed by atoms with van der Waals surface area (Å²) in [6.07, 6.45) is 0. The second kappa shape index (κ2) is 7.89. The molecule has 29 heavy (non-hydrogen) atoms. The number of benzene rings is 3. The van der Waals surface area contributed by atoms with E-state index in [-0.39, 0.29) is 5.97 Å². The lowest BCUT2D eigenvalue weighted by molar-refractivity contribution is 0.0601. The van der Waals surface area contributed by atoms with Gasteiger partial charge in [0.15, 0.2) is 0 Å². The summed E-state index contributed by atoms with van der Waals surface area (Å²) in [6, 6.07) is 22.3. The number of nitrogens with one attached hydrogen (secondary N) is 1. The van der Waals surface area contributed by atoms with Gasteiger partial charge in [-0.2, -0.15) is 0 Å². The second-order valence-corrected chi connectivity index (χ2v) is 7.32. The van der Waals surface area contributed by atoms with Crippen molar-refractivity contribution in [3.63, 3.8) is 0 Å². The molecule has 4 aromatic rings. The minimum Gasteiger partial charge on any atom is -0.465 e. The van der Waals surface area contributed by atoms with Gasteiger partial charge in [0.1, 0.15) is 5.82 Å². The molecule has 0 aliphatic heterocycles. The number of rotatable bonds is 5. The third-order valence-electron chi connectivity index (χ3n) is 4.85. The van der Waals surface area contributed by atoms with E-state index in [0.717, 1.165) is 34.5 Å². The van der Waals surface area contributed by atoms with Crippen molar-refractivity contribution in [2.75, 3.05) is 21.2 Å². The maximum atomic E-state index is 11.7. The monoisotopic (exact) mass is 385 g/mol. The van der Waals surface area contributed by atoms with Crippen molar-refractivity contribution >= 4 is 17.0 Å². The highest BCUT2D eigenvalue weighted by atomic mass is 16.5. The van der Waals surface area contributed by atoms with Crippen LogP contribution in [0.15, 0.2) is 66.7 Å². The molecular weight excluding hydrogens is 362 g/mol. The molecule has 0 bridgehead atoms. The lowest BCUT2D eigenvalue weighted by Gasteiger charge is -2.10. The fourth-order valence-corrected chi connectivity index (χ4v) is 3.38. The Bertz CT molecular complexity index is 1140. The number of nitrogens with zero attached hydrogens (tertiary/aromatic N) is 2. The summed E-state index contributed by atoms with van der Waals surface area (Å²) in [5.41, 5.74) is 6.76. The highest BCUT2D eigenvalue weighted by Gasteiger charge is 2.10. The lowest BCUT2D eigenvalue weighted by Crippen LogP contribution is -2.10. The van der Waals surface area contributed by atoms with Crippen LogP contribution >= 0.6 is 0 Å². The van der Waals surface area contributed by atoms with Crippen LogP contribution in [0.4, 0.5) is 0 Å². The predicted octanol–water partition coefficient (Wildman–Crippen LogP) is 4.75. The smallest absolute Gasteiger partial charge is 0.337 e. The van der Waals surface area contributed by atoms with Gasteiger partial charge in [0, 0.05) is 12.1 Å². The molecule has 146 valence electrons. The first-order chi connectivity index (χ1) is 14.0. The Balaban J connectivity index is 1.58. The fourth-order valence-electron chi connectivity index (χ4n) is 3.38. The first kappa shape index (κ1) is 18.9. The molecule has 5 nitrogen and oxygen atoms in total.